The predicted molar refractivity (Wildman–Crippen MR) is 65.9 cm³/mol. The molecule has 1 aliphatic carbocycles. The molecule has 2 fully saturated rings. The van der Waals surface area contributed by atoms with E-state index in [0.717, 1.165) is 25.9 Å². The van der Waals surface area contributed by atoms with Gasteiger partial charge in [0.2, 0.25) is 0 Å². The van der Waals surface area contributed by atoms with Gasteiger partial charge < -0.3 is 0 Å². The third kappa shape index (κ3) is 2.49. The Hall–Kier alpha value is -0.200. The van der Waals surface area contributed by atoms with Crippen LogP contribution in [0.5, 0.6) is 0 Å². The molecule has 3 heteroatoms. The van der Waals surface area contributed by atoms with E-state index in [1.54, 1.807) is 0 Å². The fraction of sp³-hybridized carbons (Fsp3) is 0.917. The maximum Gasteiger partial charge on any atom is 0.288 e. The summed E-state index contributed by atoms with van der Waals surface area (Å²) in [6.45, 7) is 9.82. The molecule has 0 aromatic rings. The molecular formula is C12H20N2S. The molecule has 0 spiro atoms. The summed E-state index contributed by atoms with van der Waals surface area (Å²) in [5.41, 5.74) is -0.114. The monoisotopic (exact) mass is 224 g/mol. The summed E-state index contributed by atoms with van der Waals surface area (Å²) in [5, 5.41) is 0. The summed E-state index contributed by atoms with van der Waals surface area (Å²) in [5.74, 6) is 2.44. The van der Waals surface area contributed by atoms with Crippen molar-refractivity contribution in [1.82, 2.24) is 4.90 Å². The highest BCUT2D eigenvalue weighted by atomic mass is 32.2. The van der Waals surface area contributed by atoms with Crippen LogP contribution in [0.3, 0.4) is 0 Å². The summed E-state index contributed by atoms with van der Waals surface area (Å²) in [6, 6.07) is 0. The fourth-order valence-electron chi connectivity index (χ4n) is 2.77. The molecule has 0 aromatic heterocycles. The first-order valence-corrected chi connectivity index (χ1v) is 7.24. The molecule has 0 unspecified atom stereocenters. The van der Waals surface area contributed by atoms with Crippen LogP contribution < -0.4 is 0 Å². The molecule has 2 nitrogen and oxygen atoms in total. The van der Waals surface area contributed by atoms with Gasteiger partial charge in [-0.2, -0.15) is 11.8 Å². The van der Waals surface area contributed by atoms with Crippen LogP contribution in [0.15, 0.2) is 0 Å². The average Bonchev–Trinajstić information content (AvgIpc) is 2.56. The van der Waals surface area contributed by atoms with Crippen molar-refractivity contribution in [2.45, 2.75) is 44.2 Å². The van der Waals surface area contributed by atoms with E-state index >= 15 is 0 Å². The summed E-state index contributed by atoms with van der Waals surface area (Å²) in [4.78, 5) is 6.50. The van der Waals surface area contributed by atoms with Gasteiger partial charge in [0.1, 0.15) is 0 Å². The van der Waals surface area contributed by atoms with Crippen LogP contribution in [0.2, 0.25) is 0 Å². The van der Waals surface area contributed by atoms with Crippen molar-refractivity contribution in [2.75, 3.05) is 24.6 Å². The Morgan fingerprint density at radius 1 is 1.00 bits per heavy atom. The Bertz CT molecular complexity index is 232. The van der Waals surface area contributed by atoms with Gasteiger partial charge in [0.05, 0.1) is 0 Å². The van der Waals surface area contributed by atoms with E-state index in [2.05, 4.69) is 9.74 Å². The number of nitrogens with zero attached hydrogens (tertiary/aromatic N) is 2. The van der Waals surface area contributed by atoms with Gasteiger partial charge in [0, 0.05) is 37.4 Å². The van der Waals surface area contributed by atoms with Crippen molar-refractivity contribution in [3.8, 4) is 0 Å². The van der Waals surface area contributed by atoms with Crippen LogP contribution in [-0.4, -0.2) is 35.2 Å². The Balaban J connectivity index is 2.07. The Kier molecular flexibility index (Phi) is 3.93. The van der Waals surface area contributed by atoms with E-state index in [-0.39, 0.29) is 5.66 Å². The molecule has 0 radical (unpaired) electrons. The third-order valence-corrected chi connectivity index (χ3v) is 4.65. The summed E-state index contributed by atoms with van der Waals surface area (Å²) < 4.78 is 0. The fourth-order valence-corrected chi connectivity index (χ4v) is 3.68. The topological polar surface area (TPSA) is 7.60 Å². The number of hydrogen-bond donors (Lipinski definition) is 0. The minimum Gasteiger partial charge on any atom is -0.293 e. The number of thioether (sulfide) groups is 1. The smallest absolute Gasteiger partial charge is 0.288 e. The quantitative estimate of drug-likeness (QED) is 0.499. The maximum absolute atomic E-state index is 7.56. The Labute approximate surface area is 97.2 Å². The zero-order chi connectivity index (χ0) is 10.6. The SMILES string of the molecule is [C-]#[N+]C1(N2CCSCC2)CCCCCC1. The first kappa shape index (κ1) is 11.3. The molecule has 1 heterocycles. The summed E-state index contributed by atoms with van der Waals surface area (Å²) >= 11 is 2.03. The summed E-state index contributed by atoms with van der Waals surface area (Å²) in [7, 11) is 0. The average molecular weight is 224 g/mol. The van der Waals surface area contributed by atoms with E-state index in [1.807, 2.05) is 11.8 Å². The lowest BCUT2D eigenvalue weighted by molar-refractivity contribution is 0.125. The van der Waals surface area contributed by atoms with Crippen LogP contribution >= 0.6 is 11.8 Å². The van der Waals surface area contributed by atoms with E-state index in [4.69, 9.17) is 6.57 Å². The zero-order valence-corrected chi connectivity index (χ0v) is 10.2. The highest BCUT2D eigenvalue weighted by Gasteiger charge is 2.43. The number of rotatable bonds is 1. The molecule has 0 N–H and O–H groups in total. The highest BCUT2D eigenvalue weighted by molar-refractivity contribution is 7.99. The Morgan fingerprint density at radius 2 is 1.60 bits per heavy atom. The third-order valence-electron chi connectivity index (χ3n) is 3.71. The molecule has 1 saturated carbocycles. The molecule has 0 atom stereocenters. The van der Waals surface area contributed by atoms with E-state index < -0.39 is 0 Å². The second kappa shape index (κ2) is 5.23. The van der Waals surface area contributed by atoms with Gasteiger partial charge in [0.25, 0.3) is 5.66 Å². The van der Waals surface area contributed by atoms with Crippen molar-refractivity contribution < 1.29 is 0 Å². The molecule has 2 aliphatic rings. The standard InChI is InChI=1S/C12H20N2S/c1-13-12(6-4-2-3-5-7-12)14-8-10-15-11-9-14/h2-11H2. The van der Waals surface area contributed by atoms with E-state index in [9.17, 15) is 0 Å². The lowest BCUT2D eigenvalue weighted by Gasteiger charge is -2.35. The molecule has 0 aromatic carbocycles. The summed E-state index contributed by atoms with van der Waals surface area (Å²) in [6.07, 6.45) is 7.40. The molecule has 84 valence electrons. The van der Waals surface area contributed by atoms with Gasteiger partial charge in [-0.3, -0.25) is 4.85 Å². The van der Waals surface area contributed by atoms with Crippen LogP contribution in [0.25, 0.3) is 4.85 Å². The van der Waals surface area contributed by atoms with Crippen LogP contribution in [0.1, 0.15) is 38.5 Å². The van der Waals surface area contributed by atoms with E-state index in [0.29, 0.717) is 0 Å². The van der Waals surface area contributed by atoms with Crippen molar-refractivity contribution >= 4 is 11.8 Å². The predicted octanol–water partition coefficient (Wildman–Crippen LogP) is 3.00. The van der Waals surface area contributed by atoms with E-state index in [1.165, 1.54) is 37.2 Å². The van der Waals surface area contributed by atoms with Gasteiger partial charge >= 0.3 is 0 Å². The second-order valence-corrected chi connectivity index (χ2v) is 5.83. The first-order valence-electron chi connectivity index (χ1n) is 6.09. The van der Waals surface area contributed by atoms with Gasteiger partial charge in [-0.05, 0) is 12.8 Å². The van der Waals surface area contributed by atoms with Crippen molar-refractivity contribution in [3.63, 3.8) is 0 Å². The molecule has 15 heavy (non-hydrogen) atoms. The van der Waals surface area contributed by atoms with Crippen LogP contribution in [0, 0.1) is 6.57 Å². The van der Waals surface area contributed by atoms with Crippen molar-refractivity contribution in [2.24, 2.45) is 0 Å². The molecule has 1 aliphatic heterocycles. The van der Waals surface area contributed by atoms with Gasteiger partial charge in [0.15, 0.2) is 0 Å². The molecule has 2 rings (SSSR count). The van der Waals surface area contributed by atoms with Gasteiger partial charge in [-0.15, -0.1) is 0 Å². The van der Waals surface area contributed by atoms with Gasteiger partial charge in [-0.1, -0.05) is 12.8 Å². The second-order valence-electron chi connectivity index (χ2n) is 4.61. The molecular weight excluding hydrogens is 204 g/mol. The molecule has 1 saturated heterocycles. The minimum absolute atomic E-state index is 0.114. The largest absolute Gasteiger partial charge is 0.293 e. The lowest BCUT2D eigenvalue weighted by atomic mass is 9.99. The minimum atomic E-state index is -0.114. The normalized spacial score (nSPS) is 27.9. The van der Waals surface area contributed by atoms with Crippen LogP contribution in [-0.2, 0) is 0 Å². The van der Waals surface area contributed by atoms with Crippen LogP contribution in [0.4, 0.5) is 0 Å². The van der Waals surface area contributed by atoms with Gasteiger partial charge in [-0.25, -0.2) is 11.5 Å². The molecule has 0 amide bonds. The maximum atomic E-state index is 7.56. The first-order chi connectivity index (χ1) is 7.37. The lowest BCUT2D eigenvalue weighted by Crippen LogP contribution is -2.49. The Morgan fingerprint density at radius 3 is 2.13 bits per heavy atom. The van der Waals surface area contributed by atoms with Crippen molar-refractivity contribution in [3.05, 3.63) is 11.4 Å². The zero-order valence-electron chi connectivity index (χ0n) is 9.37. The highest BCUT2D eigenvalue weighted by Crippen LogP contribution is 2.35. The number of hydrogen-bond acceptors (Lipinski definition) is 2. The molecule has 0 bridgehead atoms. The van der Waals surface area contributed by atoms with Crippen molar-refractivity contribution in [1.29, 1.82) is 0 Å².